The van der Waals surface area contributed by atoms with Crippen LogP contribution in [0.2, 0.25) is 0 Å². The molecule has 0 fully saturated rings. The van der Waals surface area contributed by atoms with Crippen LogP contribution in [0.5, 0.6) is 0 Å². The number of methoxy groups -OCH3 is 1. The maximum Gasteiger partial charge on any atom is 0.333 e. The lowest BCUT2D eigenvalue weighted by Crippen LogP contribution is -2.17. The minimum atomic E-state index is -0.276. The molecule has 0 bridgehead atoms. The summed E-state index contributed by atoms with van der Waals surface area (Å²) in [6.07, 6.45) is 1.87. The van der Waals surface area contributed by atoms with Crippen molar-refractivity contribution in [1.82, 2.24) is 0 Å². The Bertz CT molecular complexity index is 407. The number of anilines is 1. The summed E-state index contributed by atoms with van der Waals surface area (Å²) in [5.41, 5.74) is 3.00. The van der Waals surface area contributed by atoms with E-state index >= 15 is 0 Å². The molecule has 0 aromatic heterocycles. The van der Waals surface area contributed by atoms with Crippen LogP contribution in [0.3, 0.4) is 0 Å². The molecule has 3 heteroatoms. The topological polar surface area (TPSA) is 29.5 Å². The van der Waals surface area contributed by atoms with E-state index in [2.05, 4.69) is 40.8 Å². The highest BCUT2D eigenvalue weighted by Crippen LogP contribution is 2.13. The predicted molar refractivity (Wildman–Crippen MR) is 70.2 cm³/mol. The van der Waals surface area contributed by atoms with Crippen molar-refractivity contribution >= 4 is 11.7 Å². The molecule has 0 unspecified atom stereocenters. The molecule has 0 atom stereocenters. The number of benzene rings is 1. The maximum atomic E-state index is 11.2. The number of likely N-dealkylation sites (N-methyl/N-ethyl adjacent to an activating group) is 1. The van der Waals surface area contributed by atoms with Gasteiger partial charge < -0.3 is 9.64 Å². The third-order valence-electron chi connectivity index (χ3n) is 2.65. The number of rotatable bonds is 4. The highest BCUT2D eigenvalue weighted by atomic mass is 16.5. The number of hydrogen-bond donors (Lipinski definition) is 0. The summed E-state index contributed by atoms with van der Waals surface area (Å²) in [5.74, 6) is -0.276. The van der Waals surface area contributed by atoms with Crippen molar-refractivity contribution in [2.75, 3.05) is 25.6 Å². The van der Waals surface area contributed by atoms with Crippen LogP contribution >= 0.6 is 0 Å². The SMILES string of the molecule is COC(=O)C(C)=CCN(C)c1ccc(C)cc1. The minimum Gasteiger partial charge on any atom is -0.466 e. The zero-order valence-electron chi connectivity index (χ0n) is 10.9. The van der Waals surface area contributed by atoms with Gasteiger partial charge in [0.2, 0.25) is 0 Å². The molecule has 0 saturated heterocycles. The quantitative estimate of drug-likeness (QED) is 0.591. The molecule has 0 N–H and O–H groups in total. The summed E-state index contributed by atoms with van der Waals surface area (Å²) in [6.45, 7) is 4.50. The Morgan fingerprint density at radius 3 is 2.47 bits per heavy atom. The molecule has 1 aromatic rings. The molecule has 0 aliphatic rings. The van der Waals surface area contributed by atoms with E-state index in [1.54, 1.807) is 6.92 Å². The van der Waals surface area contributed by atoms with E-state index in [1.807, 2.05) is 13.1 Å². The third-order valence-corrected chi connectivity index (χ3v) is 2.65. The number of hydrogen-bond acceptors (Lipinski definition) is 3. The molecule has 0 aliphatic heterocycles. The Hall–Kier alpha value is -1.77. The monoisotopic (exact) mass is 233 g/mol. The van der Waals surface area contributed by atoms with Gasteiger partial charge in [-0.2, -0.15) is 0 Å². The number of nitrogens with zero attached hydrogens (tertiary/aromatic N) is 1. The molecular weight excluding hydrogens is 214 g/mol. The van der Waals surface area contributed by atoms with Gasteiger partial charge in [-0.25, -0.2) is 4.79 Å². The normalized spacial score (nSPS) is 11.2. The van der Waals surface area contributed by atoms with Crippen molar-refractivity contribution < 1.29 is 9.53 Å². The second-order valence-electron chi connectivity index (χ2n) is 4.09. The first-order valence-electron chi connectivity index (χ1n) is 5.57. The fourth-order valence-electron chi connectivity index (χ4n) is 1.42. The largest absolute Gasteiger partial charge is 0.466 e. The third kappa shape index (κ3) is 3.94. The number of carbonyl (C=O) groups excluding carboxylic acids is 1. The summed E-state index contributed by atoms with van der Waals surface area (Å²) in [4.78, 5) is 13.3. The van der Waals surface area contributed by atoms with E-state index in [9.17, 15) is 4.79 Å². The molecule has 1 rings (SSSR count). The summed E-state index contributed by atoms with van der Waals surface area (Å²) >= 11 is 0. The van der Waals surface area contributed by atoms with Crippen LogP contribution in [-0.2, 0) is 9.53 Å². The molecule has 0 radical (unpaired) electrons. The Balaban J connectivity index is 2.64. The maximum absolute atomic E-state index is 11.2. The van der Waals surface area contributed by atoms with E-state index in [1.165, 1.54) is 12.7 Å². The Morgan fingerprint density at radius 2 is 1.94 bits per heavy atom. The number of aryl methyl sites for hydroxylation is 1. The van der Waals surface area contributed by atoms with Gasteiger partial charge >= 0.3 is 5.97 Å². The van der Waals surface area contributed by atoms with Crippen molar-refractivity contribution in [1.29, 1.82) is 0 Å². The fraction of sp³-hybridized carbons (Fsp3) is 0.357. The van der Waals surface area contributed by atoms with Crippen molar-refractivity contribution in [3.05, 3.63) is 41.5 Å². The smallest absolute Gasteiger partial charge is 0.333 e. The van der Waals surface area contributed by atoms with E-state index in [0.717, 1.165) is 5.69 Å². The van der Waals surface area contributed by atoms with Crippen molar-refractivity contribution in [3.8, 4) is 0 Å². The minimum absolute atomic E-state index is 0.276. The average Bonchev–Trinajstić information content (AvgIpc) is 2.35. The van der Waals surface area contributed by atoms with Crippen LogP contribution in [0.4, 0.5) is 5.69 Å². The van der Waals surface area contributed by atoms with Gasteiger partial charge in [-0.3, -0.25) is 0 Å². The Labute approximate surface area is 103 Å². The highest BCUT2D eigenvalue weighted by Gasteiger charge is 2.03. The number of ether oxygens (including phenoxy) is 1. The van der Waals surface area contributed by atoms with Crippen molar-refractivity contribution in [2.24, 2.45) is 0 Å². The Kier molecular flexibility index (Phi) is 4.76. The predicted octanol–water partition coefficient (Wildman–Crippen LogP) is 2.55. The van der Waals surface area contributed by atoms with Gasteiger partial charge in [0.1, 0.15) is 0 Å². The van der Waals surface area contributed by atoms with Gasteiger partial charge in [-0.15, -0.1) is 0 Å². The molecule has 0 saturated carbocycles. The van der Waals surface area contributed by atoms with Crippen molar-refractivity contribution in [2.45, 2.75) is 13.8 Å². The molecule has 0 amide bonds. The van der Waals surface area contributed by atoms with Crippen LogP contribution in [0, 0.1) is 6.92 Å². The zero-order chi connectivity index (χ0) is 12.8. The molecule has 3 nitrogen and oxygen atoms in total. The van der Waals surface area contributed by atoms with Gasteiger partial charge in [0, 0.05) is 24.9 Å². The van der Waals surface area contributed by atoms with Gasteiger partial charge in [-0.1, -0.05) is 23.8 Å². The van der Waals surface area contributed by atoms with Crippen LogP contribution in [0.1, 0.15) is 12.5 Å². The second kappa shape index (κ2) is 6.09. The van der Waals surface area contributed by atoms with E-state index in [-0.39, 0.29) is 5.97 Å². The molecule has 0 spiro atoms. The van der Waals surface area contributed by atoms with Crippen LogP contribution in [0.15, 0.2) is 35.9 Å². The lowest BCUT2D eigenvalue weighted by atomic mass is 10.2. The van der Waals surface area contributed by atoms with E-state index in [4.69, 9.17) is 0 Å². The number of esters is 1. The summed E-state index contributed by atoms with van der Waals surface area (Å²) < 4.78 is 4.64. The second-order valence-corrected chi connectivity index (χ2v) is 4.09. The van der Waals surface area contributed by atoms with Crippen LogP contribution < -0.4 is 4.90 Å². The first-order valence-corrected chi connectivity index (χ1v) is 5.57. The molecule has 0 aliphatic carbocycles. The summed E-state index contributed by atoms with van der Waals surface area (Å²) in [5, 5.41) is 0. The molecule has 0 heterocycles. The lowest BCUT2D eigenvalue weighted by Gasteiger charge is -2.17. The Morgan fingerprint density at radius 1 is 1.35 bits per heavy atom. The first-order chi connectivity index (χ1) is 8.04. The molecule has 17 heavy (non-hydrogen) atoms. The highest BCUT2D eigenvalue weighted by molar-refractivity contribution is 5.87. The van der Waals surface area contributed by atoms with Crippen molar-refractivity contribution in [3.63, 3.8) is 0 Å². The van der Waals surface area contributed by atoms with Crippen LogP contribution in [0.25, 0.3) is 0 Å². The fourth-order valence-corrected chi connectivity index (χ4v) is 1.42. The van der Waals surface area contributed by atoms with E-state index in [0.29, 0.717) is 12.1 Å². The van der Waals surface area contributed by atoms with Gasteiger partial charge in [0.25, 0.3) is 0 Å². The van der Waals surface area contributed by atoms with Gasteiger partial charge in [-0.05, 0) is 26.0 Å². The number of carbonyl (C=O) groups is 1. The summed E-state index contributed by atoms with van der Waals surface area (Å²) in [6, 6.07) is 8.28. The average molecular weight is 233 g/mol. The zero-order valence-corrected chi connectivity index (χ0v) is 10.9. The van der Waals surface area contributed by atoms with Gasteiger partial charge in [0.15, 0.2) is 0 Å². The lowest BCUT2D eigenvalue weighted by molar-refractivity contribution is -0.136. The first kappa shape index (κ1) is 13.3. The summed E-state index contributed by atoms with van der Waals surface area (Å²) in [7, 11) is 3.38. The molecule has 1 aromatic carbocycles. The van der Waals surface area contributed by atoms with Gasteiger partial charge in [0.05, 0.1) is 7.11 Å². The molecule has 92 valence electrons. The van der Waals surface area contributed by atoms with E-state index < -0.39 is 0 Å². The standard InChI is InChI=1S/C14H19NO2/c1-11-5-7-13(8-6-11)15(3)10-9-12(2)14(16)17-4/h5-9H,10H2,1-4H3. The molecular formula is C14H19NO2. The van der Waals surface area contributed by atoms with Crippen LogP contribution in [-0.4, -0.2) is 26.7 Å².